The van der Waals surface area contributed by atoms with Gasteiger partial charge in [-0.15, -0.1) is 0 Å². The molecule has 3 aliphatic rings. The average Bonchev–Trinajstić information content (AvgIpc) is 3.49. The fourth-order valence-electron chi connectivity index (χ4n) is 11.1. The second kappa shape index (κ2) is 14.8. The van der Waals surface area contributed by atoms with Crippen molar-refractivity contribution in [2.45, 2.75) is 5.41 Å². The number of rotatable bonds is 5. The Kier molecular flexibility index (Phi) is 8.47. The first-order valence-electron chi connectivity index (χ1n) is 22.5. The highest BCUT2D eigenvalue weighted by Gasteiger charge is 2.48. The van der Waals surface area contributed by atoms with Gasteiger partial charge in [0.1, 0.15) is 0 Å². The van der Waals surface area contributed by atoms with Crippen LogP contribution in [0.4, 0.5) is 34.1 Å². The Balaban J connectivity index is 1.08. The third-order valence-electron chi connectivity index (χ3n) is 13.8. The Morgan fingerprint density at radius 1 is 0.308 bits per heavy atom. The van der Waals surface area contributed by atoms with Crippen molar-refractivity contribution in [1.82, 2.24) is 0 Å². The smallest absolute Gasteiger partial charge is 0.0725 e. The molecule has 1 heterocycles. The Hall–Kier alpha value is -8.46. The Morgan fingerprint density at radius 3 is 1.49 bits per heavy atom. The van der Waals surface area contributed by atoms with Crippen LogP contribution >= 0.6 is 0 Å². The lowest BCUT2D eigenvalue weighted by Gasteiger charge is -2.35. The molecule has 0 saturated heterocycles. The predicted molar refractivity (Wildman–Crippen MR) is 272 cm³/mol. The number of hydrogen-bond donors (Lipinski definition) is 0. The zero-order chi connectivity index (χ0) is 42.9. The van der Waals surface area contributed by atoms with E-state index in [9.17, 15) is 0 Å². The van der Waals surface area contributed by atoms with Gasteiger partial charge in [-0.05, 0) is 116 Å². The van der Waals surface area contributed by atoms with Crippen molar-refractivity contribution in [1.29, 1.82) is 0 Å². The lowest BCUT2D eigenvalue weighted by molar-refractivity contribution is 0.766. The van der Waals surface area contributed by atoms with Crippen LogP contribution in [0.1, 0.15) is 33.4 Å². The highest BCUT2D eigenvalue weighted by Crippen LogP contribution is 2.60. The van der Waals surface area contributed by atoms with Crippen LogP contribution < -0.4 is 9.80 Å². The topological polar surface area (TPSA) is 6.48 Å². The maximum absolute atomic E-state index is 2.49. The van der Waals surface area contributed by atoms with Crippen molar-refractivity contribution in [2.24, 2.45) is 0 Å². The first kappa shape index (κ1) is 37.1. The van der Waals surface area contributed by atoms with E-state index in [4.69, 9.17) is 0 Å². The summed E-state index contributed by atoms with van der Waals surface area (Å²) in [6.07, 6.45) is 4.60. The fourth-order valence-corrected chi connectivity index (χ4v) is 11.1. The van der Waals surface area contributed by atoms with E-state index in [0.717, 1.165) is 39.7 Å². The van der Waals surface area contributed by atoms with Gasteiger partial charge in [-0.1, -0.05) is 200 Å². The molecule has 0 fully saturated rings. The van der Waals surface area contributed by atoms with Crippen LogP contribution in [-0.2, 0) is 5.41 Å². The van der Waals surface area contributed by atoms with E-state index in [-0.39, 0.29) is 0 Å². The maximum atomic E-state index is 2.49. The van der Waals surface area contributed by atoms with Crippen molar-refractivity contribution in [2.75, 3.05) is 9.80 Å². The summed E-state index contributed by atoms with van der Waals surface area (Å²) in [5.74, 6) is 0. The van der Waals surface area contributed by atoms with Gasteiger partial charge in [0, 0.05) is 33.8 Å². The van der Waals surface area contributed by atoms with E-state index in [1.807, 2.05) is 0 Å². The molecular weight excluding hydrogens is 785 g/mol. The molecular formula is C63H42N2. The van der Waals surface area contributed by atoms with Gasteiger partial charge in [-0.2, -0.15) is 0 Å². The van der Waals surface area contributed by atoms with Gasteiger partial charge < -0.3 is 9.80 Å². The Labute approximate surface area is 380 Å². The van der Waals surface area contributed by atoms with Crippen molar-refractivity contribution in [3.8, 4) is 44.5 Å². The van der Waals surface area contributed by atoms with E-state index < -0.39 is 5.41 Å². The highest BCUT2D eigenvalue weighted by atomic mass is 15.2. The van der Waals surface area contributed by atoms with Gasteiger partial charge in [0.05, 0.1) is 22.5 Å². The second-order valence-electron chi connectivity index (χ2n) is 17.2. The SMILES string of the molecule is C1=Cc2ccccc2C2(c3ccccc31)c1ccccc1-c1cc(N(c3ccc4c(c3)-c3ccccc3-c3ccccc3N4c3ccccc3)c3ccccc3-c3ccccc3)ccc12. The van der Waals surface area contributed by atoms with Gasteiger partial charge >= 0.3 is 0 Å². The van der Waals surface area contributed by atoms with Crippen LogP contribution in [0.3, 0.4) is 0 Å². The van der Waals surface area contributed by atoms with Crippen LogP contribution in [0.2, 0.25) is 0 Å². The lowest BCUT2D eigenvalue weighted by Crippen LogP contribution is -2.29. The molecule has 2 nitrogen and oxygen atoms in total. The van der Waals surface area contributed by atoms with E-state index in [1.54, 1.807) is 0 Å². The summed E-state index contributed by atoms with van der Waals surface area (Å²) in [6.45, 7) is 0. The van der Waals surface area contributed by atoms with Gasteiger partial charge in [0.15, 0.2) is 0 Å². The molecule has 65 heavy (non-hydrogen) atoms. The van der Waals surface area contributed by atoms with Gasteiger partial charge in [-0.3, -0.25) is 0 Å². The quantitative estimate of drug-likeness (QED) is 0.171. The molecule has 0 aromatic heterocycles. The minimum absolute atomic E-state index is 0.502. The van der Waals surface area contributed by atoms with Gasteiger partial charge in [0.2, 0.25) is 0 Å². The van der Waals surface area contributed by atoms with Crippen LogP contribution in [0, 0.1) is 0 Å². The number of nitrogens with zero attached hydrogens (tertiary/aromatic N) is 2. The number of fused-ring (bicyclic) bond motifs is 14. The third-order valence-corrected chi connectivity index (χ3v) is 13.8. The molecule has 304 valence electrons. The fraction of sp³-hybridized carbons (Fsp3) is 0.0159. The zero-order valence-electron chi connectivity index (χ0n) is 35.6. The predicted octanol–water partition coefficient (Wildman–Crippen LogP) is 16.8. The molecule has 0 radical (unpaired) electrons. The second-order valence-corrected chi connectivity index (χ2v) is 17.2. The number of benzene rings is 10. The third kappa shape index (κ3) is 5.60. The molecule has 10 aromatic rings. The molecule has 0 bridgehead atoms. The summed E-state index contributed by atoms with van der Waals surface area (Å²) < 4.78 is 0. The summed E-state index contributed by atoms with van der Waals surface area (Å²) in [5, 5.41) is 0. The minimum Gasteiger partial charge on any atom is -0.310 e. The van der Waals surface area contributed by atoms with Crippen molar-refractivity contribution in [3.63, 3.8) is 0 Å². The molecule has 1 spiro atoms. The molecule has 0 unspecified atom stereocenters. The van der Waals surface area contributed by atoms with Crippen LogP contribution in [0.25, 0.3) is 56.7 Å². The van der Waals surface area contributed by atoms with Gasteiger partial charge in [0.25, 0.3) is 0 Å². The van der Waals surface area contributed by atoms with E-state index in [0.29, 0.717) is 0 Å². The van der Waals surface area contributed by atoms with Crippen molar-refractivity contribution < 1.29 is 0 Å². The van der Waals surface area contributed by atoms with Crippen molar-refractivity contribution >= 4 is 46.3 Å². The van der Waals surface area contributed by atoms with E-state index >= 15 is 0 Å². The summed E-state index contributed by atoms with van der Waals surface area (Å²) in [5.41, 5.74) is 23.6. The summed E-state index contributed by atoms with van der Waals surface area (Å²) in [6, 6.07) is 89.5. The Bertz CT molecular complexity index is 3460. The van der Waals surface area contributed by atoms with Crippen LogP contribution in [0.15, 0.2) is 243 Å². The standard InChI is InChI=1S/C63H42N2/c1-3-19-43(20-4-1)49-25-12-17-33-60(49)64(48-38-40-62-55(42-48)51-27-10-9-26-50(51)53-29-13-18-34-61(53)65(62)46-23-5-2-6-24-46)47-37-39-59-54(41-47)52-28-11-16-32-58(52)63(59)56-30-14-7-21-44(56)35-36-45-22-8-15-31-57(45)63/h1-42H. The number of anilines is 6. The molecule has 0 saturated carbocycles. The maximum Gasteiger partial charge on any atom is 0.0725 e. The molecule has 0 N–H and O–H groups in total. The molecule has 2 heteroatoms. The largest absolute Gasteiger partial charge is 0.310 e. The van der Waals surface area contributed by atoms with Crippen LogP contribution in [0.5, 0.6) is 0 Å². The first-order chi connectivity index (χ1) is 32.3. The molecule has 13 rings (SSSR count). The molecule has 1 aliphatic heterocycles. The molecule has 10 aromatic carbocycles. The van der Waals surface area contributed by atoms with Gasteiger partial charge in [-0.25, -0.2) is 0 Å². The van der Waals surface area contributed by atoms with Crippen molar-refractivity contribution in [3.05, 3.63) is 276 Å². The monoisotopic (exact) mass is 826 g/mol. The summed E-state index contributed by atoms with van der Waals surface area (Å²) in [4.78, 5) is 4.92. The summed E-state index contributed by atoms with van der Waals surface area (Å²) in [7, 11) is 0. The zero-order valence-corrected chi connectivity index (χ0v) is 35.6. The molecule has 0 amide bonds. The minimum atomic E-state index is -0.502. The number of para-hydroxylation sites is 3. The summed E-state index contributed by atoms with van der Waals surface area (Å²) >= 11 is 0. The average molecular weight is 827 g/mol. The Morgan fingerprint density at radius 2 is 0.785 bits per heavy atom. The normalized spacial score (nSPS) is 13.3. The van der Waals surface area contributed by atoms with Crippen LogP contribution in [-0.4, -0.2) is 0 Å². The highest BCUT2D eigenvalue weighted by molar-refractivity contribution is 6.04. The first-order valence-corrected chi connectivity index (χ1v) is 22.5. The lowest BCUT2D eigenvalue weighted by atomic mass is 9.66. The number of hydrogen-bond acceptors (Lipinski definition) is 2. The molecule has 0 atom stereocenters. The molecule has 2 aliphatic carbocycles. The van der Waals surface area contributed by atoms with E-state index in [1.165, 1.54) is 72.3 Å². The van der Waals surface area contributed by atoms with E-state index in [2.05, 4.69) is 265 Å².